The zero-order valence-electron chi connectivity index (χ0n) is 10.6. The van der Waals surface area contributed by atoms with Gasteiger partial charge in [-0.1, -0.05) is 49.4 Å². The number of hydrogen-bond acceptors (Lipinski definition) is 1. The molecular formula is C15H22ClN. The van der Waals surface area contributed by atoms with Gasteiger partial charge in [-0.2, -0.15) is 0 Å². The van der Waals surface area contributed by atoms with E-state index in [-0.39, 0.29) is 0 Å². The van der Waals surface area contributed by atoms with Gasteiger partial charge in [0.15, 0.2) is 0 Å². The normalized spacial score (nSPS) is 18.5. The van der Waals surface area contributed by atoms with Crippen LogP contribution in [0.25, 0.3) is 0 Å². The first-order chi connectivity index (χ1) is 8.25. The SMILES string of the molecule is CC(NCCC1CCCC1)c1cccc(Cl)c1. The molecule has 0 aromatic heterocycles. The van der Waals surface area contributed by atoms with Crippen molar-refractivity contribution in [2.75, 3.05) is 6.54 Å². The molecule has 2 rings (SSSR count). The van der Waals surface area contributed by atoms with Gasteiger partial charge in [-0.25, -0.2) is 0 Å². The van der Waals surface area contributed by atoms with E-state index in [1.54, 1.807) is 0 Å². The lowest BCUT2D eigenvalue weighted by Gasteiger charge is -2.16. The van der Waals surface area contributed by atoms with E-state index in [9.17, 15) is 0 Å². The average Bonchev–Trinajstić information content (AvgIpc) is 2.82. The van der Waals surface area contributed by atoms with Gasteiger partial charge in [0.05, 0.1) is 0 Å². The van der Waals surface area contributed by atoms with Crippen molar-refractivity contribution in [1.82, 2.24) is 5.32 Å². The number of rotatable bonds is 5. The van der Waals surface area contributed by atoms with Crippen LogP contribution in [-0.4, -0.2) is 6.54 Å². The Balaban J connectivity index is 1.74. The van der Waals surface area contributed by atoms with Gasteiger partial charge in [0.1, 0.15) is 0 Å². The fourth-order valence-electron chi connectivity index (χ4n) is 2.70. The van der Waals surface area contributed by atoms with Crippen molar-refractivity contribution < 1.29 is 0 Å². The number of benzene rings is 1. The summed E-state index contributed by atoms with van der Waals surface area (Å²) >= 11 is 6.00. The first-order valence-corrected chi connectivity index (χ1v) is 7.12. The summed E-state index contributed by atoms with van der Waals surface area (Å²) in [4.78, 5) is 0. The molecule has 0 aliphatic heterocycles. The third-order valence-corrected chi connectivity index (χ3v) is 4.06. The number of halogens is 1. The lowest BCUT2D eigenvalue weighted by atomic mass is 10.0. The monoisotopic (exact) mass is 251 g/mol. The first-order valence-electron chi connectivity index (χ1n) is 6.74. The third kappa shape index (κ3) is 4.01. The Bertz CT molecular complexity index is 345. The van der Waals surface area contributed by atoms with Gasteiger partial charge < -0.3 is 5.32 Å². The van der Waals surface area contributed by atoms with Crippen molar-refractivity contribution in [2.45, 2.75) is 45.1 Å². The molecule has 1 aliphatic rings. The Kier molecular flexibility index (Phi) is 4.87. The molecule has 1 aromatic rings. The van der Waals surface area contributed by atoms with Crippen molar-refractivity contribution >= 4 is 11.6 Å². The van der Waals surface area contributed by atoms with E-state index in [1.165, 1.54) is 37.7 Å². The highest BCUT2D eigenvalue weighted by Gasteiger charge is 2.14. The van der Waals surface area contributed by atoms with Gasteiger partial charge in [-0.05, 0) is 43.5 Å². The van der Waals surface area contributed by atoms with E-state index in [4.69, 9.17) is 11.6 Å². The molecule has 1 fully saturated rings. The van der Waals surface area contributed by atoms with Crippen LogP contribution in [0.3, 0.4) is 0 Å². The van der Waals surface area contributed by atoms with E-state index in [0.717, 1.165) is 17.5 Å². The molecule has 0 radical (unpaired) electrons. The van der Waals surface area contributed by atoms with Crippen molar-refractivity contribution in [1.29, 1.82) is 0 Å². The molecule has 1 saturated carbocycles. The van der Waals surface area contributed by atoms with E-state index in [2.05, 4.69) is 24.4 Å². The molecule has 1 atom stereocenters. The highest BCUT2D eigenvalue weighted by atomic mass is 35.5. The second-order valence-corrected chi connectivity index (χ2v) is 5.61. The maximum atomic E-state index is 6.00. The summed E-state index contributed by atoms with van der Waals surface area (Å²) in [6.45, 7) is 3.33. The standard InChI is InChI=1S/C15H22ClN/c1-12(14-7-4-8-15(16)11-14)17-10-9-13-5-2-3-6-13/h4,7-8,11-13,17H,2-3,5-6,9-10H2,1H3. The van der Waals surface area contributed by atoms with Crippen molar-refractivity contribution in [2.24, 2.45) is 5.92 Å². The zero-order chi connectivity index (χ0) is 12.1. The van der Waals surface area contributed by atoms with Crippen molar-refractivity contribution in [3.8, 4) is 0 Å². The molecule has 1 unspecified atom stereocenters. The zero-order valence-corrected chi connectivity index (χ0v) is 11.3. The summed E-state index contributed by atoms with van der Waals surface area (Å²) < 4.78 is 0. The topological polar surface area (TPSA) is 12.0 Å². The number of hydrogen-bond donors (Lipinski definition) is 1. The summed E-state index contributed by atoms with van der Waals surface area (Å²) in [5.41, 5.74) is 1.28. The van der Waals surface area contributed by atoms with Gasteiger partial charge in [-0.15, -0.1) is 0 Å². The molecule has 0 amide bonds. The minimum absolute atomic E-state index is 0.398. The lowest BCUT2D eigenvalue weighted by molar-refractivity contribution is 0.455. The van der Waals surface area contributed by atoms with Gasteiger partial charge in [0.2, 0.25) is 0 Å². The van der Waals surface area contributed by atoms with Gasteiger partial charge in [0, 0.05) is 11.1 Å². The van der Waals surface area contributed by atoms with Gasteiger partial charge in [-0.3, -0.25) is 0 Å². The van der Waals surface area contributed by atoms with Crippen LogP contribution >= 0.6 is 11.6 Å². The maximum Gasteiger partial charge on any atom is 0.0409 e. The Morgan fingerprint density at radius 3 is 2.82 bits per heavy atom. The average molecular weight is 252 g/mol. The Labute approximate surface area is 110 Å². The van der Waals surface area contributed by atoms with E-state index >= 15 is 0 Å². The summed E-state index contributed by atoms with van der Waals surface area (Å²) in [6, 6.07) is 8.53. The van der Waals surface area contributed by atoms with E-state index in [1.807, 2.05) is 12.1 Å². The van der Waals surface area contributed by atoms with E-state index < -0.39 is 0 Å². The van der Waals surface area contributed by atoms with Crippen LogP contribution in [0.1, 0.15) is 50.6 Å². The summed E-state index contributed by atoms with van der Waals surface area (Å²) in [6.07, 6.45) is 7.08. The fraction of sp³-hybridized carbons (Fsp3) is 0.600. The molecule has 0 heterocycles. The molecule has 1 N–H and O–H groups in total. The highest BCUT2D eigenvalue weighted by molar-refractivity contribution is 6.30. The molecule has 0 bridgehead atoms. The van der Waals surface area contributed by atoms with Crippen LogP contribution < -0.4 is 5.32 Å². The van der Waals surface area contributed by atoms with Crippen molar-refractivity contribution in [3.63, 3.8) is 0 Å². The second kappa shape index (κ2) is 6.42. The largest absolute Gasteiger partial charge is 0.310 e. The van der Waals surface area contributed by atoms with Crippen LogP contribution in [0.15, 0.2) is 24.3 Å². The van der Waals surface area contributed by atoms with Crippen LogP contribution in [-0.2, 0) is 0 Å². The summed E-state index contributed by atoms with van der Waals surface area (Å²) in [5, 5.41) is 4.42. The predicted octanol–water partition coefficient (Wildman–Crippen LogP) is 4.57. The highest BCUT2D eigenvalue weighted by Crippen LogP contribution is 2.27. The molecule has 94 valence electrons. The smallest absolute Gasteiger partial charge is 0.0409 e. The Morgan fingerprint density at radius 1 is 1.35 bits per heavy atom. The fourth-order valence-corrected chi connectivity index (χ4v) is 2.90. The first kappa shape index (κ1) is 12.9. The predicted molar refractivity (Wildman–Crippen MR) is 74.4 cm³/mol. The molecule has 0 spiro atoms. The van der Waals surface area contributed by atoms with Gasteiger partial charge >= 0.3 is 0 Å². The molecule has 1 nitrogen and oxygen atoms in total. The van der Waals surface area contributed by atoms with Crippen LogP contribution in [0.2, 0.25) is 5.02 Å². The van der Waals surface area contributed by atoms with Crippen LogP contribution in [0, 0.1) is 5.92 Å². The Morgan fingerprint density at radius 2 is 2.12 bits per heavy atom. The number of nitrogens with one attached hydrogen (secondary N) is 1. The second-order valence-electron chi connectivity index (χ2n) is 5.17. The summed E-state index contributed by atoms with van der Waals surface area (Å²) in [7, 11) is 0. The van der Waals surface area contributed by atoms with Crippen molar-refractivity contribution in [3.05, 3.63) is 34.9 Å². The minimum atomic E-state index is 0.398. The minimum Gasteiger partial charge on any atom is -0.310 e. The molecule has 1 aromatic carbocycles. The molecule has 1 aliphatic carbocycles. The third-order valence-electron chi connectivity index (χ3n) is 3.83. The quantitative estimate of drug-likeness (QED) is 0.808. The lowest BCUT2D eigenvalue weighted by Crippen LogP contribution is -2.21. The maximum absolute atomic E-state index is 6.00. The van der Waals surface area contributed by atoms with Gasteiger partial charge in [0.25, 0.3) is 0 Å². The van der Waals surface area contributed by atoms with Crippen LogP contribution in [0.5, 0.6) is 0 Å². The molecule has 17 heavy (non-hydrogen) atoms. The molecule has 0 saturated heterocycles. The molecule has 2 heteroatoms. The summed E-state index contributed by atoms with van der Waals surface area (Å²) in [5.74, 6) is 0.967. The molecular weight excluding hydrogens is 230 g/mol. The van der Waals surface area contributed by atoms with E-state index in [0.29, 0.717) is 6.04 Å². The Hall–Kier alpha value is -0.530. The van der Waals surface area contributed by atoms with Crippen LogP contribution in [0.4, 0.5) is 0 Å².